The highest BCUT2D eigenvalue weighted by Crippen LogP contribution is 2.21. The first-order valence-electron chi connectivity index (χ1n) is 7.07. The number of carbonyl (C=O) groups is 2. The summed E-state index contributed by atoms with van der Waals surface area (Å²) in [5.41, 5.74) is 0.866. The van der Waals surface area contributed by atoms with Gasteiger partial charge < -0.3 is 15.3 Å². The molecule has 1 unspecified atom stereocenters. The Morgan fingerprint density at radius 2 is 2.24 bits per heavy atom. The molecule has 0 radical (unpaired) electrons. The second-order valence-electron chi connectivity index (χ2n) is 5.20. The lowest BCUT2D eigenvalue weighted by molar-refractivity contribution is -0.136. The molecule has 0 spiro atoms. The molecule has 1 fully saturated rings. The first-order valence-corrected chi connectivity index (χ1v) is 7.07. The molecule has 0 bridgehead atoms. The zero-order valence-corrected chi connectivity index (χ0v) is 11.7. The maximum Gasteiger partial charge on any atom is 0.317 e. The third kappa shape index (κ3) is 4.44. The summed E-state index contributed by atoms with van der Waals surface area (Å²) >= 11 is 0. The van der Waals surface area contributed by atoms with Gasteiger partial charge in [0.25, 0.3) is 0 Å². The Kier molecular flexibility index (Phi) is 5.14. The van der Waals surface area contributed by atoms with Gasteiger partial charge in [0.05, 0.1) is 6.42 Å². The lowest BCUT2D eigenvalue weighted by atomic mass is 10.0. The fraction of sp³-hybridized carbons (Fsp3) is 0.467. The van der Waals surface area contributed by atoms with Crippen LogP contribution in [0.4, 0.5) is 9.18 Å². The summed E-state index contributed by atoms with van der Waals surface area (Å²) in [6, 6.07) is 6.19. The SMILES string of the molecule is O=C(O)CCNC(=O)N1CCCC1Cc1cccc(F)c1. The monoisotopic (exact) mass is 294 g/mol. The van der Waals surface area contributed by atoms with Crippen molar-refractivity contribution < 1.29 is 19.1 Å². The van der Waals surface area contributed by atoms with E-state index in [0.717, 1.165) is 18.4 Å². The fourth-order valence-corrected chi connectivity index (χ4v) is 2.63. The van der Waals surface area contributed by atoms with Gasteiger partial charge in [-0.05, 0) is 37.0 Å². The van der Waals surface area contributed by atoms with Crippen LogP contribution in [0.15, 0.2) is 24.3 Å². The van der Waals surface area contributed by atoms with Gasteiger partial charge in [-0.25, -0.2) is 9.18 Å². The molecule has 0 saturated carbocycles. The Labute approximate surface area is 122 Å². The van der Waals surface area contributed by atoms with E-state index in [1.807, 2.05) is 6.07 Å². The number of rotatable bonds is 5. The third-order valence-corrected chi connectivity index (χ3v) is 3.61. The van der Waals surface area contributed by atoms with Gasteiger partial charge in [0, 0.05) is 19.1 Å². The summed E-state index contributed by atoms with van der Waals surface area (Å²) in [5, 5.41) is 11.2. The average Bonchev–Trinajstić information content (AvgIpc) is 2.86. The van der Waals surface area contributed by atoms with Crippen LogP contribution in [-0.4, -0.2) is 41.1 Å². The number of halogens is 1. The van der Waals surface area contributed by atoms with Crippen LogP contribution >= 0.6 is 0 Å². The van der Waals surface area contributed by atoms with Crippen LogP contribution in [0.1, 0.15) is 24.8 Å². The highest BCUT2D eigenvalue weighted by Gasteiger charge is 2.28. The van der Waals surface area contributed by atoms with Crippen LogP contribution in [0.5, 0.6) is 0 Å². The van der Waals surface area contributed by atoms with E-state index in [1.54, 1.807) is 11.0 Å². The minimum absolute atomic E-state index is 0.0385. The topological polar surface area (TPSA) is 69.6 Å². The molecule has 1 aromatic carbocycles. The summed E-state index contributed by atoms with van der Waals surface area (Å²) in [4.78, 5) is 24.2. The van der Waals surface area contributed by atoms with E-state index in [1.165, 1.54) is 12.1 Å². The number of benzene rings is 1. The number of urea groups is 1. The van der Waals surface area contributed by atoms with Crippen LogP contribution in [0.3, 0.4) is 0 Å². The number of nitrogens with zero attached hydrogens (tertiary/aromatic N) is 1. The normalized spacial score (nSPS) is 17.8. The Morgan fingerprint density at radius 1 is 1.43 bits per heavy atom. The molecule has 1 saturated heterocycles. The number of amides is 2. The number of hydrogen-bond acceptors (Lipinski definition) is 2. The van der Waals surface area contributed by atoms with Crippen molar-refractivity contribution in [2.24, 2.45) is 0 Å². The molecular formula is C15H19FN2O3. The third-order valence-electron chi connectivity index (χ3n) is 3.61. The standard InChI is InChI=1S/C15H19FN2O3/c16-12-4-1-3-11(9-12)10-13-5-2-8-18(13)15(21)17-7-6-14(19)20/h1,3-4,9,13H,2,5-8,10H2,(H,17,21)(H,19,20). The van der Waals surface area contributed by atoms with Crippen molar-refractivity contribution in [3.63, 3.8) is 0 Å². The molecule has 1 aromatic rings. The molecule has 1 atom stereocenters. The van der Waals surface area contributed by atoms with E-state index in [9.17, 15) is 14.0 Å². The minimum atomic E-state index is -0.937. The summed E-state index contributed by atoms with van der Waals surface area (Å²) < 4.78 is 13.2. The molecule has 0 aromatic heterocycles. The smallest absolute Gasteiger partial charge is 0.317 e. The zero-order valence-electron chi connectivity index (χ0n) is 11.7. The molecule has 114 valence electrons. The van der Waals surface area contributed by atoms with Crippen LogP contribution < -0.4 is 5.32 Å². The zero-order chi connectivity index (χ0) is 15.2. The highest BCUT2D eigenvalue weighted by atomic mass is 19.1. The van der Waals surface area contributed by atoms with Gasteiger partial charge in [-0.3, -0.25) is 4.79 Å². The Morgan fingerprint density at radius 3 is 2.95 bits per heavy atom. The van der Waals surface area contributed by atoms with Crippen LogP contribution in [-0.2, 0) is 11.2 Å². The van der Waals surface area contributed by atoms with Crippen LogP contribution in [0, 0.1) is 5.82 Å². The number of aliphatic carboxylic acids is 1. The van der Waals surface area contributed by atoms with E-state index >= 15 is 0 Å². The number of nitrogens with one attached hydrogen (secondary N) is 1. The van der Waals surface area contributed by atoms with Crippen LogP contribution in [0.25, 0.3) is 0 Å². The van der Waals surface area contributed by atoms with Gasteiger partial charge in [0.15, 0.2) is 0 Å². The molecule has 2 N–H and O–H groups in total. The largest absolute Gasteiger partial charge is 0.481 e. The molecular weight excluding hydrogens is 275 g/mol. The van der Waals surface area contributed by atoms with Gasteiger partial charge >= 0.3 is 12.0 Å². The molecule has 5 nitrogen and oxygen atoms in total. The van der Waals surface area contributed by atoms with E-state index in [2.05, 4.69) is 5.32 Å². The van der Waals surface area contributed by atoms with Crippen molar-refractivity contribution in [1.29, 1.82) is 0 Å². The number of hydrogen-bond donors (Lipinski definition) is 2. The Bertz CT molecular complexity index is 521. The molecule has 2 amide bonds. The maximum absolute atomic E-state index is 13.2. The summed E-state index contributed by atoms with van der Waals surface area (Å²) in [5.74, 6) is -1.21. The summed E-state index contributed by atoms with van der Waals surface area (Å²) in [6.45, 7) is 0.774. The Hall–Kier alpha value is -2.11. The first kappa shape index (κ1) is 15.3. The maximum atomic E-state index is 13.2. The first-order chi connectivity index (χ1) is 10.1. The van der Waals surface area contributed by atoms with E-state index < -0.39 is 5.97 Å². The van der Waals surface area contributed by atoms with Gasteiger partial charge in [-0.2, -0.15) is 0 Å². The average molecular weight is 294 g/mol. The summed E-state index contributed by atoms with van der Waals surface area (Å²) in [7, 11) is 0. The molecule has 6 heteroatoms. The molecule has 21 heavy (non-hydrogen) atoms. The second-order valence-corrected chi connectivity index (χ2v) is 5.20. The summed E-state index contributed by atoms with van der Waals surface area (Å²) in [6.07, 6.45) is 2.31. The predicted molar refractivity (Wildman–Crippen MR) is 75.5 cm³/mol. The number of carbonyl (C=O) groups excluding carboxylic acids is 1. The van der Waals surface area contributed by atoms with E-state index in [4.69, 9.17) is 5.11 Å². The van der Waals surface area contributed by atoms with Gasteiger partial charge in [-0.15, -0.1) is 0 Å². The number of carboxylic acid groups (broad SMARTS) is 1. The van der Waals surface area contributed by atoms with Gasteiger partial charge in [0.2, 0.25) is 0 Å². The highest BCUT2D eigenvalue weighted by molar-refractivity contribution is 5.75. The molecule has 2 rings (SSSR count). The van der Waals surface area contributed by atoms with E-state index in [0.29, 0.717) is 13.0 Å². The second kappa shape index (κ2) is 7.06. The lowest BCUT2D eigenvalue weighted by Crippen LogP contribution is -2.44. The Balaban J connectivity index is 1.90. The quantitative estimate of drug-likeness (QED) is 0.873. The fourth-order valence-electron chi connectivity index (χ4n) is 2.63. The molecule has 0 aliphatic carbocycles. The van der Waals surface area contributed by atoms with Crippen molar-refractivity contribution in [2.75, 3.05) is 13.1 Å². The molecule has 1 aliphatic rings. The van der Waals surface area contributed by atoms with Crippen molar-refractivity contribution in [1.82, 2.24) is 10.2 Å². The van der Waals surface area contributed by atoms with Crippen molar-refractivity contribution in [3.8, 4) is 0 Å². The number of carboxylic acids is 1. The lowest BCUT2D eigenvalue weighted by Gasteiger charge is -2.25. The van der Waals surface area contributed by atoms with E-state index in [-0.39, 0.29) is 30.9 Å². The predicted octanol–water partition coefficient (Wildman–Crippen LogP) is 2.02. The molecule has 1 heterocycles. The van der Waals surface area contributed by atoms with Gasteiger partial charge in [-0.1, -0.05) is 12.1 Å². The van der Waals surface area contributed by atoms with Crippen molar-refractivity contribution in [2.45, 2.75) is 31.7 Å². The van der Waals surface area contributed by atoms with Crippen molar-refractivity contribution in [3.05, 3.63) is 35.6 Å². The molecule has 1 aliphatic heterocycles. The van der Waals surface area contributed by atoms with Gasteiger partial charge in [0.1, 0.15) is 5.82 Å². The van der Waals surface area contributed by atoms with Crippen LogP contribution in [0.2, 0.25) is 0 Å². The minimum Gasteiger partial charge on any atom is -0.481 e. The number of likely N-dealkylation sites (tertiary alicyclic amines) is 1. The van der Waals surface area contributed by atoms with Crippen molar-refractivity contribution >= 4 is 12.0 Å².